The van der Waals surface area contributed by atoms with E-state index in [2.05, 4.69) is 87.3 Å². The molecule has 0 spiro atoms. The van der Waals surface area contributed by atoms with Gasteiger partial charge < -0.3 is 24.6 Å². The Bertz CT molecular complexity index is 1450. The van der Waals surface area contributed by atoms with Gasteiger partial charge in [0.15, 0.2) is 17.6 Å². The Kier molecular flexibility index (Phi) is 14.2. The third kappa shape index (κ3) is 10.6. The maximum Gasteiger partial charge on any atom is 0.162 e. The van der Waals surface area contributed by atoms with Crippen molar-refractivity contribution in [1.82, 2.24) is 10.2 Å². The van der Waals surface area contributed by atoms with Crippen LogP contribution in [0.1, 0.15) is 75.3 Å². The second-order valence-corrected chi connectivity index (χ2v) is 12.7. The van der Waals surface area contributed by atoms with Crippen LogP contribution in [0.5, 0.6) is 17.2 Å². The van der Waals surface area contributed by atoms with Gasteiger partial charge in [0.25, 0.3) is 0 Å². The number of phenols is 1. The van der Waals surface area contributed by atoms with E-state index < -0.39 is 0 Å². The number of aromatic hydroxyl groups is 1. The summed E-state index contributed by atoms with van der Waals surface area (Å²) in [5.74, 6) is 2.12. The number of aryl methyl sites for hydroxylation is 1. The molecule has 1 aliphatic heterocycles. The zero-order valence-corrected chi connectivity index (χ0v) is 29.1. The van der Waals surface area contributed by atoms with E-state index in [4.69, 9.17) is 14.2 Å². The highest BCUT2D eigenvalue weighted by atomic mass is 16.6. The second kappa shape index (κ2) is 18.5. The van der Waals surface area contributed by atoms with Crippen molar-refractivity contribution in [2.75, 3.05) is 32.8 Å². The van der Waals surface area contributed by atoms with E-state index in [0.717, 1.165) is 48.7 Å². The first kappa shape index (κ1) is 36.0. The summed E-state index contributed by atoms with van der Waals surface area (Å²) in [4.78, 5) is 2.52. The van der Waals surface area contributed by atoms with E-state index >= 15 is 0 Å². The standard InChI is InChI=1S/C22H31NO.C19H23NO3/c1-16(2)23(17(3)4)14-13-20(19-9-7-6-8-10-19)21-15-18(5)11-12-22(21)24;1-2-21-16-10-6-7-11-17(16)23-19(15-8-4-3-5-9-15)18-14-20-12-13-22-18/h6-12,15-17,20,24H,13-14H2,1-5H3;3-11,18-20H,2,12-14H2,1H3/t20-;18-,19-/m10/s1. The van der Waals surface area contributed by atoms with Gasteiger partial charge in [0.2, 0.25) is 0 Å². The Hall–Kier alpha value is -3.84. The van der Waals surface area contributed by atoms with Gasteiger partial charge in [-0.3, -0.25) is 4.90 Å². The maximum atomic E-state index is 10.4. The predicted molar refractivity (Wildman–Crippen MR) is 193 cm³/mol. The van der Waals surface area contributed by atoms with E-state index in [0.29, 0.717) is 31.0 Å². The van der Waals surface area contributed by atoms with Crippen LogP contribution < -0.4 is 14.8 Å². The lowest BCUT2D eigenvalue weighted by Crippen LogP contribution is -2.43. The molecule has 0 radical (unpaired) electrons. The van der Waals surface area contributed by atoms with Gasteiger partial charge in [-0.1, -0.05) is 90.5 Å². The van der Waals surface area contributed by atoms with Crippen molar-refractivity contribution in [2.24, 2.45) is 0 Å². The molecule has 2 N–H and O–H groups in total. The van der Waals surface area contributed by atoms with Gasteiger partial charge in [0, 0.05) is 36.7 Å². The van der Waals surface area contributed by atoms with Gasteiger partial charge in [0.1, 0.15) is 11.9 Å². The quantitative estimate of drug-likeness (QED) is 0.153. The smallest absolute Gasteiger partial charge is 0.162 e. The Morgan fingerprint density at radius 1 is 0.830 bits per heavy atom. The number of para-hydroxylation sites is 2. The molecule has 6 heteroatoms. The van der Waals surface area contributed by atoms with Crippen molar-refractivity contribution < 1.29 is 19.3 Å². The Morgan fingerprint density at radius 3 is 2.04 bits per heavy atom. The number of hydrogen-bond donors (Lipinski definition) is 2. The molecule has 4 aromatic rings. The molecule has 4 aromatic carbocycles. The number of nitrogens with one attached hydrogen (secondary N) is 1. The van der Waals surface area contributed by atoms with E-state index in [1.54, 1.807) is 0 Å². The van der Waals surface area contributed by atoms with Gasteiger partial charge in [-0.05, 0) is 83.8 Å². The minimum Gasteiger partial charge on any atom is -0.508 e. The van der Waals surface area contributed by atoms with Crippen molar-refractivity contribution >= 4 is 0 Å². The first-order chi connectivity index (χ1) is 22.8. The number of morpholine rings is 1. The van der Waals surface area contributed by atoms with E-state index in [9.17, 15) is 5.11 Å². The molecule has 0 bridgehead atoms. The molecule has 1 heterocycles. The molecule has 3 atom stereocenters. The van der Waals surface area contributed by atoms with Crippen LogP contribution in [0.4, 0.5) is 0 Å². The van der Waals surface area contributed by atoms with Gasteiger partial charge in [-0.15, -0.1) is 0 Å². The minimum atomic E-state index is -0.175. The number of benzene rings is 4. The van der Waals surface area contributed by atoms with Crippen molar-refractivity contribution in [1.29, 1.82) is 0 Å². The molecule has 0 aromatic heterocycles. The van der Waals surface area contributed by atoms with Crippen molar-refractivity contribution in [3.05, 3.63) is 125 Å². The van der Waals surface area contributed by atoms with Gasteiger partial charge >= 0.3 is 0 Å². The third-order valence-electron chi connectivity index (χ3n) is 8.59. The van der Waals surface area contributed by atoms with Gasteiger partial charge in [0.05, 0.1) is 13.2 Å². The fourth-order valence-corrected chi connectivity index (χ4v) is 6.27. The molecule has 0 aliphatic carbocycles. The average Bonchev–Trinajstić information content (AvgIpc) is 3.09. The first-order valence-electron chi connectivity index (χ1n) is 17.1. The number of hydrogen-bond acceptors (Lipinski definition) is 6. The van der Waals surface area contributed by atoms with Crippen LogP contribution in [0.2, 0.25) is 0 Å². The molecule has 1 saturated heterocycles. The lowest BCUT2D eigenvalue weighted by atomic mass is 9.87. The van der Waals surface area contributed by atoms with Crippen LogP contribution in [0.25, 0.3) is 0 Å². The average molecular weight is 639 g/mol. The fraction of sp³-hybridized carbons (Fsp3) is 0.415. The van der Waals surface area contributed by atoms with E-state index in [1.807, 2.05) is 67.6 Å². The lowest BCUT2D eigenvalue weighted by molar-refractivity contribution is -0.0439. The zero-order valence-electron chi connectivity index (χ0n) is 29.1. The largest absolute Gasteiger partial charge is 0.508 e. The molecule has 252 valence electrons. The summed E-state index contributed by atoms with van der Waals surface area (Å²) in [7, 11) is 0. The maximum absolute atomic E-state index is 10.4. The summed E-state index contributed by atoms with van der Waals surface area (Å²) in [6.07, 6.45) is 0.795. The molecular formula is C41H54N2O4. The zero-order chi connectivity index (χ0) is 33.6. The van der Waals surface area contributed by atoms with Crippen LogP contribution in [0.3, 0.4) is 0 Å². The lowest BCUT2D eigenvalue weighted by Gasteiger charge is -2.32. The highest BCUT2D eigenvalue weighted by Gasteiger charge is 2.28. The van der Waals surface area contributed by atoms with Crippen LogP contribution in [-0.4, -0.2) is 61.0 Å². The van der Waals surface area contributed by atoms with Crippen molar-refractivity contribution in [2.45, 2.75) is 78.2 Å². The van der Waals surface area contributed by atoms with Crippen LogP contribution in [0.15, 0.2) is 103 Å². The summed E-state index contributed by atoms with van der Waals surface area (Å²) in [6, 6.07) is 35.5. The van der Waals surface area contributed by atoms with Gasteiger partial charge in [-0.2, -0.15) is 0 Å². The number of phenolic OH excluding ortho intramolecular Hbond substituents is 1. The molecule has 1 aliphatic rings. The molecule has 47 heavy (non-hydrogen) atoms. The van der Waals surface area contributed by atoms with Crippen LogP contribution in [-0.2, 0) is 4.74 Å². The minimum absolute atomic E-state index is 0.0270. The molecule has 6 nitrogen and oxygen atoms in total. The SMILES string of the molecule is CCOc1ccccc1O[C@@H](c1ccccc1)[C@@H]1CNCCO1.Cc1ccc(O)c([C@H](CCN(C(C)C)C(C)C)c2ccccc2)c1. The van der Waals surface area contributed by atoms with Crippen molar-refractivity contribution in [3.63, 3.8) is 0 Å². The monoisotopic (exact) mass is 638 g/mol. The van der Waals surface area contributed by atoms with Gasteiger partial charge in [-0.25, -0.2) is 0 Å². The molecule has 5 rings (SSSR count). The topological polar surface area (TPSA) is 63.2 Å². The van der Waals surface area contributed by atoms with E-state index in [-0.39, 0.29) is 18.1 Å². The normalized spacial score (nSPS) is 16.0. The summed E-state index contributed by atoms with van der Waals surface area (Å²) in [5, 5.41) is 13.8. The van der Waals surface area contributed by atoms with Crippen molar-refractivity contribution in [3.8, 4) is 17.2 Å². The third-order valence-corrected chi connectivity index (χ3v) is 8.59. The number of nitrogens with zero attached hydrogens (tertiary/aromatic N) is 1. The number of rotatable bonds is 13. The number of ether oxygens (including phenoxy) is 3. The Morgan fingerprint density at radius 2 is 1.45 bits per heavy atom. The first-order valence-corrected chi connectivity index (χ1v) is 17.1. The molecular weight excluding hydrogens is 584 g/mol. The molecule has 1 fully saturated rings. The second-order valence-electron chi connectivity index (χ2n) is 12.7. The molecule has 0 saturated carbocycles. The Balaban J connectivity index is 0.000000213. The summed E-state index contributed by atoms with van der Waals surface area (Å²) in [6.45, 7) is 17.0. The summed E-state index contributed by atoms with van der Waals surface area (Å²) in [5.41, 5.74) is 4.60. The fourth-order valence-electron chi connectivity index (χ4n) is 6.27. The highest BCUT2D eigenvalue weighted by Crippen LogP contribution is 2.36. The van der Waals surface area contributed by atoms with Crippen LogP contribution in [0, 0.1) is 6.92 Å². The Labute approximate surface area is 282 Å². The predicted octanol–water partition coefficient (Wildman–Crippen LogP) is 8.54. The summed E-state index contributed by atoms with van der Waals surface area (Å²) < 4.78 is 18.0. The van der Waals surface area contributed by atoms with Crippen LogP contribution >= 0.6 is 0 Å². The highest BCUT2D eigenvalue weighted by molar-refractivity contribution is 5.43. The summed E-state index contributed by atoms with van der Waals surface area (Å²) >= 11 is 0. The molecule has 0 unspecified atom stereocenters. The molecule has 0 amide bonds. The van der Waals surface area contributed by atoms with E-state index in [1.165, 1.54) is 11.1 Å².